The van der Waals surface area contributed by atoms with Gasteiger partial charge in [-0.2, -0.15) is 11.8 Å². The molecule has 3 rings (SSSR count). The number of benzene rings is 1. The third-order valence-electron chi connectivity index (χ3n) is 5.86. The monoisotopic (exact) mass is 398 g/mol. The van der Waals surface area contributed by atoms with Gasteiger partial charge in [-0.3, -0.25) is 4.98 Å². The zero-order chi connectivity index (χ0) is 19.6. The highest BCUT2D eigenvalue weighted by atomic mass is 32.2. The molecule has 1 aliphatic rings. The summed E-state index contributed by atoms with van der Waals surface area (Å²) in [7, 11) is 0. The van der Waals surface area contributed by atoms with Crippen molar-refractivity contribution in [3.8, 4) is 0 Å². The maximum Gasteiger partial charge on any atom is 0.0431 e. The molecule has 2 aromatic rings. The number of nitrogens with zero attached hydrogens (tertiary/aromatic N) is 1. The fourth-order valence-corrected chi connectivity index (χ4v) is 5.28. The maximum atomic E-state index is 9.00. The average molecular weight is 399 g/mol. The molecule has 3 nitrogen and oxygen atoms in total. The highest BCUT2D eigenvalue weighted by molar-refractivity contribution is 7.99. The van der Waals surface area contributed by atoms with Crippen molar-refractivity contribution in [2.75, 3.05) is 24.7 Å². The first-order valence-electron chi connectivity index (χ1n) is 10.7. The van der Waals surface area contributed by atoms with Crippen LogP contribution in [0.15, 0.2) is 42.6 Å². The summed E-state index contributed by atoms with van der Waals surface area (Å²) in [5, 5.41) is 9.00. The number of rotatable bonds is 11. The number of pyridine rings is 1. The Morgan fingerprint density at radius 3 is 2.89 bits per heavy atom. The van der Waals surface area contributed by atoms with E-state index in [1.165, 1.54) is 47.4 Å². The summed E-state index contributed by atoms with van der Waals surface area (Å²) in [6, 6.07) is 13.2. The largest absolute Gasteiger partial charge is 0.396 e. The molecule has 3 N–H and O–H groups in total. The van der Waals surface area contributed by atoms with E-state index in [0.717, 1.165) is 37.4 Å². The van der Waals surface area contributed by atoms with Crippen LogP contribution in [-0.2, 0) is 19.3 Å². The zero-order valence-electron chi connectivity index (χ0n) is 16.9. The number of hydrogen-bond donors (Lipinski definition) is 2. The number of unbranched alkanes of at least 4 members (excludes halogenated alkanes) is 1. The lowest BCUT2D eigenvalue weighted by molar-refractivity contribution is 0.281. The quantitative estimate of drug-likeness (QED) is 0.552. The lowest BCUT2D eigenvalue weighted by Crippen LogP contribution is -2.18. The number of aliphatic hydroxyl groups is 1. The Morgan fingerprint density at radius 1 is 1.18 bits per heavy atom. The minimum absolute atomic E-state index is 0.280. The number of thioether (sulfide) groups is 1. The molecular formula is C24H34N2OS. The third kappa shape index (κ3) is 6.33. The number of aromatic nitrogens is 1. The minimum Gasteiger partial charge on any atom is -0.396 e. The van der Waals surface area contributed by atoms with Crippen molar-refractivity contribution in [2.45, 2.75) is 50.9 Å². The van der Waals surface area contributed by atoms with Crippen LogP contribution in [0.4, 0.5) is 0 Å². The van der Waals surface area contributed by atoms with Crippen LogP contribution in [0.1, 0.15) is 54.0 Å². The molecule has 4 heteroatoms. The second kappa shape index (κ2) is 11.6. The lowest BCUT2D eigenvalue weighted by atomic mass is 9.82. The average Bonchev–Trinajstić information content (AvgIpc) is 2.75. The molecule has 0 aliphatic heterocycles. The zero-order valence-corrected chi connectivity index (χ0v) is 17.7. The maximum absolute atomic E-state index is 9.00. The second-order valence-corrected chi connectivity index (χ2v) is 9.08. The van der Waals surface area contributed by atoms with Gasteiger partial charge in [0.15, 0.2) is 0 Å². The van der Waals surface area contributed by atoms with Crippen LogP contribution >= 0.6 is 11.8 Å². The molecule has 28 heavy (non-hydrogen) atoms. The normalized spacial score (nSPS) is 17.3. The van der Waals surface area contributed by atoms with Crippen molar-refractivity contribution in [3.05, 3.63) is 65.0 Å². The molecule has 1 aromatic carbocycles. The molecule has 0 radical (unpaired) electrons. The summed E-state index contributed by atoms with van der Waals surface area (Å²) < 4.78 is 0. The molecule has 0 amide bonds. The topological polar surface area (TPSA) is 59.1 Å². The van der Waals surface area contributed by atoms with E-state index in [4.69, 9.17) is 10.8 Å². The van der Waals surface area contributed by atoms with Gasteiger partial charge < -0.3 is 10.8 Å². The predicted octanol–water partition coefficient (Wildman–Crippen LogP) is 4.37. The molecule has 1 aromatic heterocycles. The number of fused-ring (bicyclic) bond motifs is 1. The first kappa shape index (κ1) is 21.4. The van der Waals surface area contributed by atoms with Crippen LogP contribution in [0.25, 0.3) is 0 Å². The molecule has 152 valence electrons. The lowest BCUT2D eigenvalue weighted by Gasteiger charge is -2.26. The van der Waals surface area contributed by atoms with Gasteiger partial charge in [-0.25, -0.2) is 0 Å². The van der Waals surface area contributed by atoms with Gasteiger partial charge in [0.2, 0.25) is 0 Å². The Bertz CT molecular complexity index is 707. The van der Waals surface area contributed by atoms with E-state index in [0.29, 0.717) is 12.5 Å². The van der Waals surface area contributed by atoms with Crippen molar-refractivity contribution in [3.63, 3.8) is 0 Å². The van der Waals surface area contributed by atoms with Crippen molar-refractivity contribution in [1.82, 2.24) is 4.98 Å². The molecule has 0 saturated heterocycles. The summed E-state index contributed by atoms with van der Waals surface area (Å²) in [5.41, 5.74) is 11.7. The van der Waals surface area contributed by atoms with Crippen LogP contribution in [0, 0.1) is 5.92 Å². The van der Waals surface area contributed by atoms with E-state index in [-0.39, 0.29) is 6.61 Å². The first-order valence-corrected chi connectivity index (χ1v) is 11.9. The summed E-state index contributed by atoms with van der Waals surface area (Å²) in [4.78, 5) is 4.41. The molecular weight excluding hydrogens is 364 g/mol. The van der Waals surface area contributed by atoms with Crippen LogP contribution in [-0.4, -0.2) is 34.7 Å². The van der Waals surface area contributed by atoms with Crippen molar-refractivity contribution < 1.29 is 5.11 Å². The molecule has 2 atom stereocenters. The SMILES string of the molecule is NC[C@H](CCCCO)c1ccc2c(c1)CC[C@@H](CSCCc1ccccn1)C2. The van der Waals surface area contributed by atoms with E-state index in [1.54, 1.807) is 0 Å². The van der Waals surface area contributed by atoms with Crippen LogP contribution in [0.2, 0.25) is 0 Å². The second-order valence-electron chi connectivity index (χ2n) is 7.93. The Kier molecular flexibility index (Phi) is 8.84. The van der Waals surface area contributed by atoms with Crippen molar-refractivity contribution in [2.24, 2.45) is 11.7 Å². The van der Waals surface area contributed by atoms with Gasteiger partial charge in [0.1, 0.15) is 0 Å². The molecule has 0 saturated carbocycles. The Hall–Kier alpha value is -1.36. The van der Waals surface area contributed by atoms with Gasteiger partial charge in [-0.1, -0.05) is 30.7 Å². The number of nitrogens with two attached hydrogens (primary N) is 1. The van der Waals surface area contributed by atoms with Crippen LogP contribution < -0.4 is 5.73 Å². The Morgan fingerprint density at radius 2 is 2.11 bits per heavy atom. The van der Waals surface area contributed by atoms with E-state index in [2.05, 4.69) is 47.1 Å². The standard InChI is InChI=1S/C24H34N2OS/c25-17-23(5-2-4-13-27)22-10-9-20-15-19(7-8-21(20)16-22)18-28-14-11-24-6-1-3-12-26-24/h1,3,6,9-10,12,16,19,23,27H,2,4-5,7-8,11,13-15,17-18,25H2/t19-,23+/m1/s1. The third-order valence-corrected chi connectivity index (χ3v) is 7.06. The van der Waals surface area contributed by atoms with Crippen molar-refractivity contribution >= 4 is 11.8 Å². The molecule has 0 unspecified atom stereocenters. The Balaban J connectivity index is 1.47. The molecule has 0 spiro atoms. The van der Waals surface area contributed by atoms with E-state index in [9.17, 15) is 0 Å². The Labute approximate surface area is 174 Å². The van der Waals surface area contributed by atoms with E-state index < -0.39 is 0 Å². The van der Waals surface area contributed by atoms with Gasteiger partial charge in [0.05, 0.1) is 0 Å². The molecule has 1 aliphatic carbocycles. The summed E-state index contributed by atoms with van der Waals surface area (Å²) >= 11 is 2.08. The fourth-order valence-electron chi connectivity index (χ4n) is 4.14. The smallest absolute Gasteiger partial charge is 0.0431 e. The molecule has 1 heterocycles. The number of aryl methyl sites for hydroxylation is 2. The number of hydrogen-bond acceptors (Lipinski definition) is 4. The van der Waals surface area contributed by atoms with Gasteiger partial charge in [0.25, 0.3) is 0 Å². The van der Waals surface area contributed by atoms with E-state index in [1.807, 2.05) is 12.3 Å². The first-order chi connectivity index (χ1) is 13.8. The van der Waals surface area contributed by atoms with Gasteiger partial charge in [-0.05, 0) is 97.2 Å². The number of aliphatic hydroxyl groups excluding tert-OH is 1. The minimum atomic E-state index is 0.280. The van der Waals surface area contributed by atoms with Crippen LogP contribution in [0.5, 0.6) is 0 Å². The fraction of sp³-hybridized carbons (Fsp3) is 0.542. The predicted molar refractivity (Wildman–Crippen MR) is 120 cm³/mol. The summed E-state index contributed by atoms with van der Waals surface area (Å²) in [6.07, 6.45) is 9.65. The van der Waals surface area contributed by atoms with Gasteiger partial charge in [-0.15, -0.1) is 0 Å². The summed E-state index contributed by atoms with van der Waals surface area (Å²) in [6.45, 7) is 0.975. The summed E-state index contributed by atoms with van der Waals surface area (Å²) in [5.74, 6) is 3.63. The van der Waals surface area contributed by atoms with Crippen LogP contribution in [0.3, 0.4) is 0 Å². The highest BCUT2D eigenvalue weighted by Crippen LogP contribution is 2.31. The molecule has 0 fully saturated rings. The van der Waals surface area contributed by atoms with Gasteiger partial charge in [0, 0.05) is 18.5 Å². The molecule has 0 bridgehead atoms. The highest BCUT2D eigenvalue weighted by Gasteiger charge is 2.20. The van der Waals surface area contributed by atoms with Crippen molar-refractivity contribution in [1.29, 1.82) is 0 Å². The van der Waals surface area contributed by atoms with Gasteiger partial charge >= 0.3 is 0 Å². The van der Waals surface area contributed by atoms with E-state index >= 15 is 0 Å².